The summed E-state index contributed by atoms with van der Waals surface area (Å²) in [6.45, 7) is 8.95. The molecule has 0 atom stereocenters. The van der Waals surface area contributed by atoms with Crippen molar-refractivity contribution in [3.63, 3.8) is 0 Å². The van der Waals surface area contributed by atoms with Gasteiger partial charge in [0.05, 0.1) is 29.1 Å². The van der Waals surface area contributed by atoms with E-state index in [-0.39, 0.29) is 10.8 Å². The first-order valence-electron chi connectivity index (χ1n) is 12.3. The van der Waals surface area contributed by atoms with E-state index in [0.717, 1.165) is 35.6 Å². The van der Waals surface area contributed by atoms with Gasteiger partial charge in [-0.1, -0.05) is 25.1 Å². The number of sulfonamides is 1. The lowest BCUT2D eigenvalue weighted by Gasteiger charge is -2.26. The molecule has 0 unspecified atom stereocenters. The van der Waals surface area contributed by atoms with Gasteiger partial charge >= 0.3 is 0 Å². The fourth-order valence-corrected chi connectivity index (χ4v) is 6.05. The van der Waals surface area contributed by atoms with Gasteiger partial charge in [-0.2, -0.15) is 4.31 Å². The molecule has 1 amide bonds. The summed E-state index contributed by atoms with van der Waals surface area (Å²) in [7, 11) is -3.60. The standard InChI is InChI=1S/C26H34N4O4S/c1-4-14-30-24-11-10-21(35(32,33)28-15-17-34-18-16-28)19-22(24)27-25(30)12-13-26(31)29(5-2)23-9-7-6-8-20(23)3/h6-11,19H,4-5,12-18H2,1-3H3. The molecule has 2 heterocycles. The van der Waals surface area contributed by atoms with Gasteiger partial charge in [-0.15, -0.1) is 0 Å². The van der Waals surface area contributed by atoms with Crippen molar-refractivity contribution in [2.45, 2.75) is 51.5 Å². The summed E-state index contributed by atoms with van der Waals surface area (Å²) in [6, 6.07) is 13.0. The van der Waals surface area contributed by atoms with Gasteiger partial charge in [-0.3, -0.25) is 4.79 Å². The van der Waals surface area contributed by atoms with Crippen molar-refractivity contribution in [1.82, 2.24) is 13.9 Å². The molecule has 4 rings (SSSR count). The van der Waals surface area contributed by atoms with Gasteiger partial charge in [0.25, 0.3) is 0 Å². The summed E-state index contributed by atoms with van der Waals surface area (Å²) in [5, 5.41) is 0. The fraction of sp³-hybridized carbons (Fsp3) is 0.462. The minimum absolute atomic E-state index is 0.0486. The number of carbonyl (C=O) groups is 1. The van der Waals surface area contributed by atoms with Gasteiger partial charge in [-0.25, -0.2) is 13.4 Å². The number of anilines is 1. The van der Waals surface area contributed by atoms with E-state index in [9.17, 15) is 13.2 Å². The lowest BCUT2D eigenvalue weighted by molar-refractivity contribution is -0.118. The Hall–Kier alpha value is -2.75. The van der Waals surface area contributed by atoms with Crippen LogP contribution in [-0.2, 0) is 32.5 Å². The highest BCUT2D eigenvalue weighted by Gasteiger charge is 2.27. The number of rotatable bonds is 9. The first kappa shape index (κ1) is 25.3. The summed E-state index contributed by atoms with van der Waals surface area (Å²) >= 11 is 0. The Morgan fingerprint density at radius 3 is 2.54 bits per heavy atom. The number of morpholine rings is 1. The van der Waals surface area contributed by atoms with Crippen LogP contribution in [0.3, 0.4) is 0 Å². The van der Waals surface area contributed by atoms with E-state index in [2.05, 4.69) is 11.5 Å². The molecule has 9 heteroatoms. The van der Waals surface area contributed by atoms with Gasteiger partial charge < -0.3 is 14.2 Å². The predicted molar refractivity (Wildman–Crippen MR) is 137 cm³/mol. The SMILES string of the molecule is CCCn1c(CCC(=O)N(CC)c2ccccc2C)nc2cc(S(=O)(=O)N3CCOCC3)ccc21. The van der Waals surface area contributed by atoms with Gasteiger partial charge in [-0.05, 0) is 50.1 Å². The molecule has 0 saturated carbocycles. The van der Waals surface area contributed by atoms with Crippen molar-refractivity contribution >= 4 is 32.7 Å². The van der Waals surface area contributed by atoms with Crippen molar-refractivity contribution in [2.75, 3.05) is 37.7 Å². The highest BCUT2D eigenvalue weighted by atomic mass is 32.2. The second kappa shape index (κ2) is 10.9. The summed E-state index contributed by atoms with van der Waals surface area (Å²) in [4.78, 5) is 20.0. The molecular formula is C26H34N4O4S. The lowest BCUT2D eigenvalue weighted by atomic mass is 10.1. The smallest absolute Gasteiger partial charge is 0.243 e. The molecule has 0 bridgehead atoms. The first-order chi connectivity index (χ1) is 16.9. The second-order valence-corrected chi connectivity index (χ2v) is 10.7. The maximum absolute atomic E-state index is 13.1. The van der Waals surface area contributed by atoms with Crippen LogP contribution in [0.2, 0.25) is 0 Å². The molecular weight excluding hydrogens is 464 g/mol. The highest BCUT2D eigenvalue weighted by Crippen LogP contribution is 2.25. The van der Waals surface area contributed by atoms with E-state index in [1.165, 1.54) is 4.31 Å². The molecule has 1 aliphatic rings. The van der Waals surface area contributed by atoms with Crippen LogP contribution in [0.25, 0.3) is 11.0 Å². The number of hydrogen-bond acceptors (Lipinski definition) is 5. The zero-order valence-electron chi connectivity index (χ0n) is 20.7. The monoisotopic (exact) mass is 498 g/mol. The maximum Gasteiger partial charge on any atom is 0.243 e. The number of benzene rings is 2. The number of para-hydroxylation sites is 1. The molecule has 2 aromatic carbocycles. The summed E-state index contributed by atoms with van der Waals surface area (Å²) in [5.41, 5.74) is 3.53. The normalized spacial score (nSPS) is 14.9. The van der Waals surface area contributed by atoms with Gasteiger partial charge in [0.15, 0.2) is 0 Å². The van der Waals surface area contributed by atoms with Gasteiger partial charge in [0.2, 0.25) is 15.9 Å². The highest BCUT2D eigenvalue weighted by molar-refractivity contribution is 7.89. The number of carbonyl (C=O) groups excluding carboxylic acids is 1. The molecule has 0 aliphatic carbocycles. The molecule has 188 valence electrons. The molecule has 8 nitrogen and oxygen atoms in total. The van der Waals surface area contributed by atoms with Crippen molar-refractivity contribution in [3.05, 3.63) is 53.9 Å². The van der Waals surface area contributed by atoms with Gasteiger partial charge in [0, 0.05) is 44.7 Å². The van der Waals surface area contributed by atoms with Crippen LogP contribution in [0.5, 0.6) is 0 Å². The molecule has 1 saturated heterocycles. The molecule has 0 N–H and O–H groups in total. The van der Waals surface area contributed by atoms with E-state index in [4.69, 9.17) is 9.72 Å². The van der Waals surface area contributed by atoms with E-state index in [1.807, 2.05) is 49.1 Å². The molecule has 3 aromatic rings. The predicted octanol–water partition coefficient (Wildman–Crippen LogP) is 3.76. The van der Waals surface area contributed by atoms with Crippen LogP contribution in [0.4, 0.5) is 5.69 Å². The third-order valence-corrected chi connectivity index (χ3v) is 8.33. The van der Waals surface area contributed by atoms with Crippen molar-refractivity contribution in [2.24, 2.45) is 0 Å². The van der Waals surface area contributed by atoms with E-state index in [1.54, 1.807) is 12.1 Å². The Kier molecular flexibility index (Phi) is 7.88. The molecule has 1 aromatic heterocycles. The largest absolute Gasteiger partial charge is 0.379 e. The molecule has 1 fully saturated rings. The number of aromatic nitrogens is 2. The molecule has 0 spiro atoms. The maximum atomic E-state index is 13.1. The van der Waals surface area contributed by atoms with Crippen LogP contribution >= 0.6 is 0 Å². The Morgan fingerprint density at radius 1 is 1.11 bits per heavy atom. The Balaban J connectivity index is 1.59. The Morgan fingerprint density at radius 2 is 1.86 bits per heavy atom. The minimum atomic E-state index is -3.60. The topological polar surface area (TPSA) is 84.7 Å². The van der Waals surface area contributed by atoms with Gasteiger partial charge in [0.1, 0.15) is 5.82 Å². The average molecular weight is 499 g/mol. The van der Waals surface area contributed by atoms with E-state index in [0.29, 0.717) is 51.2 Å². The number of hydrogen-bond donors (Lipinski definition) is 0. The minimum Gasteiger partial charge on any atom is -0.379 e. The average Bonchev–Trinajstić information content (AvgIpc) is 3.21. The number of aryl methyl sites for hydroxylation is 3. The van der Waals surface area contributed by atoms with E-state index >= 15 is 0 Å². The van der Waals surface area contributed by atoms with Crippen LogP contribution < -0.4 is 4.90 Å². The summed E-state index contributed by atoms with van der Waals surface area (Å²) < 4.78 is 35.1. The van der Waals surface area contributed by atoms with Crippen molar-refractivity contribution < 1.29 is 17.9 Å². The third-order valence-electron chi connectivity index (χ3n) is 6.44. The van der Waals surface area contributed by atoms with Crippen LogP contribution in [0.15, 0.2) is 47.4 Å². The number of imidazole rings is 1. The number of ether oxygens (including phenoxy) is 1. The van der Waals surface area contributed by atoms with Crippen molar-refractivity contribution in [3.8, 4) is 0 Å². The zero-order valence-corrected chi connectivity index (χ0v) is 21.6. The fourth-order valence-electron chi connectivity index (χ4n) is 4.62. The summed E-state index contributed by atoms with van der Waals surface area (Å²) in [6.07, 6.45) is 1.72. The first-order valence-corrected chi connectivity index (χ1v) is 13.7. The Labute approximate surface area is 207 Å². The second-order valence-electron chi connectivity index (χ2n) is 8.77. The molecule has 0 radical (unpaired) electrons. The molecule has 35 heavy (non-hydrogen) atoms. The quantitative estimate of drug-likeness (QED) is 0.449. The Bertz CT molecular complexity index is 1300. The zero-order chi connectivity index (χ0) is 25.0. The van der Waals surface area contributed by atoms with Crippen LogP contribution in [0, 0.1) is 6.92 Å². The van der Waals surface area contributed by atoms with Crippen LogP contribution in [0.1, 0.15) is 38.1 Å². The lowest BCUT2D eigenvalue weighted by Crippen LogP contribution is -2.40. The number of fused-ring (bicyclic) bond motifs is 1. The van der Waals surface area contributed by atoms with Crippen molar-refractivity contribution in [1.29, 1.82) is 0 Å². The number of nitrogens with zero attached hydrogens (tertiary/aromatic N) is 4. The van der Waals surface area contributed by atoms with Crippen LogP contribution in [-0.4, -0.2) is 61.0 Å². The number of amides is 1. The van der Waals surface area contributed by atoms with E-state index < -0.39 is 10.0 Å². The molecule has 1 aliphatic heterocycles. The third kappa shape index (κ3) is 5.27. The summed E-state index contributed by atoms with van der Waals surface area (Å²) in [5.74, 6) is 0.851.